The smallest absolute Gasteiger partial charge is 0.407 e. The van der Waals surface area contributed by atoms with Crippen LogP contribution >= 0.6 is 0 Å². The summed E-state index contributed by atoms with van der Waals surface area (Å²) in [4.78, 5) is 11.1. The summed E-state index contributed by atoms with van der Waals surface area (Å²) in [7, 11) is 0. The van der Waals surface area contributed by atoms with Crippen molar-refractivity contribution >= 4 is 17.0 Å². The molecular formula is C14H18N2O3. The number of aliphatic hydroxyl groups is 1. The highest BCUT2D eigenvalue weighted by Crippen LogP contribution is 2.15. The van der Waals surface area contributed by atoms with Gasteiger partial charge in [0.05, 0.1) is 6.61 Å². The van der Waals surface area contributed by atoms with Crippen LogP contribution in [0.5, 0.6) is 0 Å². The number of nitrogens with zero attached hydrogens (tertiary/aromatic N) is 1. The van der Waals surface area contributed by atoms with E-state index < -0.39 is 6.09 Å². The largest absolute Gasteiger partial charge is 0.447 e. The third-order valence-electron chi connectivity index (χ3n) is 2.85. The van der Waals surface area contributed by atoms with Crippen molar-refractivity contribution in [2.45, 2.75) is 13.0 Å². The van der Waals surface area contributed by atoms with Gasteiger partial charge in [-0.3, -0.25) is 0 Å². The summed E-state index contributed by atoms with van der Waals surface area (Å²) < 4.78 is 6.85. The summed E-state index contributed by atoms with van der Waals surface area (Å²) in [5, 5.41) is 12.4. The van der Waals surface area contributed by atoms with E-state index >= 15 is 0 Å². The Morgan fingerprint density at radius 3 is 3.00 bits per heavy atom. The standard InChI is InChI=1S/C14H18N2O3/c17-10-11-19-14(18)15-7-3-8-16-9-6-12-4-1-2-5-13(12)16/h1-2,4-6,9,17H,3,7-8,10-11H2,(H,15,18). The van der Waals surface area contributed by atoms with E-state index in [0.29, 0.717) is 6.54 Å². The second-order valence-corrected chi connectivity index (χ2v) is 4.21. The van der Waals surface area contributed by atoms with Gasteiger partial charge in [0, 0.05) is 24.8 Å². The second kappa shape index (κ2) is 6.80. The molecule has 2 aromatic rings. The SMILES string of the molecule is O=C(NCCCn1ccc2ccccc21)OCCO. The van der Waals surface area contributed by atoms with E-state index in [1.165, 1.54) is 10.9 Å². The molecule has 1 heterocycles. The molecule has 0 saturated heterocycles. The Morgan fingerprint density at radius 1 is 1.32 bits per heavy atom. The molecule has 0 unspecified atom stereocenters. The van der Waals surface area contributed by atoms with Crippen LogP contribution in [0.15, 0.2) is 36.5 Å². The number of carbonyl (C=O) groups excluding carboxylic acids is 1. The predicted octanol–water partition coefficient (Wildman–Crippen LogP) is 1.75. The number of para-hydroxylation sites is 1. The van der Waals surface area contributed by atoms with Crippen LogP contribution in [0.4, 0.5) is 4.79 Å². The number of nitrogens with one attached hydrogen (secondary N) is 1. The van der Waals surface area contributed by atoms with Crippen LogP contribution in [0.3, 0.4) is 0 Å². The first kappa shape index (κ1) is 13.4. The fourth-order valence-electron chi connectivity index (χ4n) is 1.96. The van der Waals surface area contributed by atoms with Crippen molar-refractivity contribution in [3.05, 3.63) is 36.5 Å². The zero-order valence-electron chi connectivity index (χ0n) is 10.7. The quantitative estimate of drug-likeness (QED) is 0.780. The van der Waals surface area contributed by atoms with Gasteiger partial charge in [0.25, 0.3) is 0 Å². The summed E-state index contributed by atoms with van der Waals surface area (Å²) in [5.74, 6) is 0. The lowest BCUT2D eigenvalue weighted by molar-refractivity contribution is 0.119. The van der Waals surface area contributed by atoms with E-state index in [1.807, 2.05) is 12.1 Å². The lowest BCUT2D eigenvalue weighted by Crippen LogP contribution is -2.26. The van der Waals surface area contributed by atoms with Gasteiger partial charge in [-0.05, 0) is 23.9 Å². The topological polar surface area (TPSA) is 63.5 Å². The summed E-state index contributed by atoms with van der Waals surface area (Å²) >= 11 is 0. The first-order chi connectivity index (χ1) is 9.31. The minimum atomic E-state index is -0.480. The number of hydrogen-bond donors (Lipinski definition) is 2. The van der Waals surface area contributed by atoms with Gasteiger partial charge in [-0.1, -0.05) is 18.2 Å². The molecule has 1 aromatic carbocycles. The van der Waals surface area contributed by atoms with Crippen LogP contribution in [-0.4, -0.2) is 35.5 Å². The van der Waals surface area contributed by atoms with Crippen molar-refractivity contribution in [2.75, 3.05) is 19.8 Å². The second-order valence-electron chi connectivity index (χ2n) is 4.21. The van der Waals surface area contributed by atoms with Gasteiger partial charge in [-0.25, -0.2) is 4.79 Å². The molecule has 0 bridgehead atoms. The molecule has 0 atom stereocenters. The van der Waals surface area contributed by atoms with Gasteiger partial charge < -0.3 is 19.7 Å². The molecule has 5 nitrogen and oxygen atoms in total. The van der Waals surface area contributed by atoms with Gasteiger partial charge in [-0.15, -0.1) is 0 Å². The number of aryl methyl sites for hydroxylation is 1. The van der Waals surface area contributed by atoms with Crippen molar-refractivity contribution in [3.8, 4) is 0 Å². The Morgan fingerprint density at radius 2 is 2.16 bits per heavy atom. The molecule has 0 aliphatic heterocycles. The zero-order chi connectivity index (χ0) is 13.5. The number of benzene rings is 1. The Balaban J connectivity index is 1.75. The van der Waals surface area contributed by atoms with Gasteiger partial charge in [0.1, 0.15) is 6.61 Å². The Hall–Kier alpha value is -2.01. The van der Waals surface area contributed by atoms with Gasteiger partial charge in [0.2, 0.25) is 0 Å². The monoisotopic (exact) mass is 262 g/mol. The zero-order valence-corrected chi connectivity index (χ0v) is 10.7. The number of hydrogen-bond acceptors (Lipinski definition) is 3. The molecule has 1 amide bonds. The fraction of sp³-hybridized carbons (Fsp3) is 0.357. The minimum Gasteiger partial charge on any atom is -0.447 e. The van der Waals surface area contributed by atoms with Crippen molar-refractivity contribution in [1.29, 1.82) is 0 Å². The van der Waals surface area contributed by atoms with E-state index in [0.717, 1.165) is 13.0 Å². The predicted molar refractivity (Wildman–Crippen MR) is 73.0 cm³/mol. The maximum Gasteiger partial charge on any atom is 0.407 e. The number of rotatable bonds is 6. The third-order valence-corrected chi connectivity index (χ3v) is 2.85. The minimum absolute atomic E-state index is 0.0358. The molecule has 0 saturated carbocycles. The van der Waals surface area contributed by atoms with E-state index in [2.05, 4.69) is 34.3 Å². The number of aliphatic hydroxyl groups excluding tert-OH is 1. The number of aromatic nitrogens is 1. The summed E-state index contributed by atoms with van der Waals surface area (Å²) in [6.07, 6.45) is 2.40. The molecule has 0 spiro atoms. The Labute approximate surface area is 111 Å². The molecule has 0 radical (unpaired) electrons. The molecule has 19 heavy (non-hydrogen) atoms. The van der Waals surface area contributed by atoms with Crippen LogP contribution < -0.4 is 5.32 Å². The first-order valence-corrected chi connectivity index (χ1v) is 6.36. The molecule has 1 aromatic heterocycles. The molecule has 2 N–H and O–H groups in total. The van der Waals surface area contributed by atoms with Crippen molar-refractivity contribution in [2.24, 2.45) is 0 Å². The Kier molecular flexibility index (Phi) is 4.80. The molecule has 5 heteroatoms. The van der Waals surface area contributed by atoms with E-state index in [1.54, 1.807) is 0 Å². The average molecular weight is 262 g/mol. The highest BCUT2D eigenvalue weighted by molar-refractivity contribution is 5.79. The molecule has 0 fully saturated rings. The maximum absolute atomic E-state index is 11.1. The van der Waals surface area contributed by atoms with E-state index in [9.17, 15) is 4.79 Å². The molecule has 102 valence electrons. The third kappa shape index (κ3) is 3.72. The number of fused-ring (bicyclic) bond motifs is 1. The molecule has 0 aliphatic rings. The van der Waals surface area contributed by atoms with Crippen molar-refractivity contribution in [3.63, 3.8) is 0 Å². The van der Waals surface area contributed by atoms with Gasteiger partial charge in [0.15, 0.2) is 0 Å². The van der Waals surface area contributed by atoms with Gasteiger partial charge in [-0.2, -0.15) is 0 Å². The van der Waals surface area contributed by atoms with Crippen LogP contribution in [0.1, 0.15) is 6.42 Å². The summed E-state index contributed by atoms with van der Waals surface area (Å²) in [6, 6.07) is 10.3. The van der Waals surface area contributed by atoms with Crippen molar-refractivity contribution in [1.82, 2.24) is 9.88 Å². The number of amides is 1. The van der Waals surface area contributed by atoms with Crippen molar-refractivity contribution < 1.29 is 14.6 Å². The number of ether oxygens (including phenoxy) is 1. The summed E-state index contributed by atoms with van der Waals surface area (Å²) in [5.41, 5.74) is 1.20. The average Bonchev–Trinajstić information content (AvgIpc) is 2.85. The lowest BCUT2D eigenvalue weighted by Gasteiger charge is -2.07. The Bertz CT molecular complexity index is 536. The number of alkyl carbamates (subject to hydrolysis) is 1. The summed E-state index contributed by atoms with van der Waals surface area (Å²) in [6.45, 7) is 1.28. The number of carbonyl (C=O) groups is 1. The van der Waals surface area contributed by atoms with Gasteiger partial charge >= 0.3 is 6.09 Å². The van der Waals surface area contributed by atoms with Crippen LogP contribution in [0, 0.1) is 0 Å². The normalized spacial score (nSPS) is 10.6. The van der Waals surface area contributed by atoms with Crippen LogP contribution in [-0.2, 0) is 11.3 Å². The maximum atomic E-state index is 11.1. The lowest BCUT2D eigenvalue weighted by atomic mass is 10.2. The van der Waals surface area contributed by atoms with E-state index in [-0.39, 0.29) is 13.2 Å². The molecule has 0 aliphatic carbocycles. The van der Waals surface area contributed by atoms with Crippen LogP contribution in [0.2, 0.25) is 0 Å². The first-order valence-electron chi connectivity index (χ1n) is 6.36. The van der Waals surface area contributed by atoms with E-state index in [4.69, 9.17) is 9.84 Å². The highest BCUT2D eigenvalue weighted by atomic mass is 16.6. The molecule has 2 rings (SSSR count). The highest BCUT2D eigenvalue weighted by Gasteiger charge is 2.02. The fourth-order valence-corrected chi connectivity index (χ4v) is 1.96. The van der Waals surface area contributed by atoms with Crippen LogP contribution in [0.25, 0.3) is 10.9 Å². The molecular weight excluding hydrogens is 244 g/mol.